The maximum Gasteiger partial charge on any atom is 0.271 e. The van der Waals surface area contributed by atoms with Crippen molar-refractivity contribution >= 4 is 22.7 Å². The second-order valence-electron chi connectivity index (χ2n) is 6.63. The molecule has 1 saturated heterocycles. The number of fused-ring (bicyclic) bond motifs is 1. The number of amides is 2. The average molecular weight is 327 g/mol. The molecule has 2 heterocycles. The van der Waals surface area contributed by atoms with Crippen molar-refractivity contribution in [1.82, 2.24) is 15.6 Å². The molecule has 0 spiro atoms. The van der Waals surface area contributed by atoms with E-state index in [0.29, 0.717) is 30.2 Å². The van der Waals surface area contributed by atoms with Crippen LogP contribution in [0.15, 0.2) is 24.3 Å². The zero-order valence-electron chi connectivity index (χ0n) is 13.6. The number of carbonyl (C=O) groups excluding carboxylic acids is 2. The Kier molecular flexibility index (Phi) is 3.67. The van der Waals surface area contributed by atoms with Crippen molar-refractivity contribution in [1.29, 1.82) is 0 Å². The highest BCUT2D eigenvalue weighted by Crippen LogP contribution is 2.36. The molecule has 0 radical (unpaired) electrons. The second-order valence-corrected chi connectivity index (χ2v) is 6.63. The molecule has 2 amide bonds. The first-order valence-electron chi connectivity index (χ1n) is 8.42. The van der Waals surface area contributed by atoms with Gasteiger partial charge in [-0.15, -0.1) is 0 Å². The van der Waals surface area contributed by atoms with Gasteiger partial charge in [-0.25, -0.2) is 0 Å². The Bertz CT molecular complexity index is 794. The van der Waals surface area contributed by atoms with Crippen molar-refractivity contribution in [2.75, 3.05) is 7.11 Å². The van der Waals surface area contributed by atoms with E-state index in [1.807, 2.05) is 24.3 Å². The van der Waals surface area contributed by atoms with E-state index in [2.05, 4.69) is 15.6 Å². The number of H-pyrrole nitrogens is 1. The minimum Gasteiger partial charge on any atom is -0.494 e. The van der Waals surface area contributed by atoms with Crippen LogP contribution in [0.25, 0.3) is 10.9 Å². The van der Waals surface area contributed by atoms with Crippen molar-refractivity contribution in [2.45, 2.75) is 37.8 Å². The molecule has 4 rings (SSSR count). The standard InChI is InChI=1S/C18H21N3O3/c1-24-17-11-4-2-3-5-12(11)19-16(17)18(23)20-13-8-9-14(22)21-15(13)10-6-7-10/h2-5,10,13,15,19H,6-9H2,1H3,(H,20,23)(H,21,22)/t13-,15+/m1/s1. The SMILES string of the molecule is COc1c(C(=O)N[C@@H]2CCC(=O)N[C@H]2C2CC2)[nH]c2ccccc12. The van der Waals surface area contributed by atoms with Crippen LogP contribution in [0.1, 0.15) is 36.2 Å². The Morgan fingerprint density at radius 2 is 2.04 bits per heavy atom. The third kappa shape index (κ3) is 2.62. The molecule has 2 fully saturated rings. The van der Waals surface area contributed by atoms with Gasteiger partial charge in [0.2, 0.25) is 5.91 Å². The number of methoxy groups -OCH3 is 1. The number of para-hydroxylation sites is 1. The summed E-state index contributed by atoms with van der Waals surface area (Å²) in [6.45, 7) is 0. The molecular weight excluding hydrogens is 306 g/mol. The Morgan fingerprint density at radius 1 is 1.25 bits per heavy atom. The van der Waals surface area contributed by atoms with Gasteiger partial charge in [-0.3, -0.25) is 9.59 Å². The normalized spacial score (nSPS) is 23.8. The minimum atomic E-state index is -0.185. The fourth-order valence-corrected chi connectivity index (χ4v) is 3.62. The van der Waals surface area contributed by atoms with E-state index >= 15 is 0 Å². The summed E-state index contributed by atoms with van der Waals surface area (Å²) in [7, 11) is 1.57. The van der Waals surface area contributed by atoms with Gasteiger partial charge >= 0.3 is 0 Å². The quantitative estimate of drug-likeness (QED) is 0.803. The van der Waals surface area contributed by atoms with Crippen molar-refractivity contribution < 1.29 is 14.3 Å². The van der Waals surface area contributed by atoms with Gasteiger partial charge < -0.3 is 20.4 Å². The second kappa shape index (κ2) is 5.85. The van der Waals surface area contributed by atoms with Gasteiger partial charge in [0.1, 0.15) is 5.69 Å². The first-order valence-corrected chi connectivity index (χ1v) is 8.42. The van der Waals surface area contributed by atoms with Crippen LogP contribution in [0, 0.1) is 5.92 Å². The number of piperidine rings is 1. The molecule has 1 saturated carbocycles. The van der Waals surface area contributed by atoms with Crippen molar-refractivity contribution in [3.05, 3.63) is 30.0 Å². The number of ether oxygens (including phenoxy) is 1. The van der Waals surface area contributed by atoms with E-state index in [1.165, 1.54) is 0 Å². The number of aromatic amines is 1. The molecule has 1 aromatic carbocycles. The highest BCUT2D eigenvalue weighted by atomic mass is 16.5. The fraction of sp³-hybridized carbons (Fsp3) is 0.444. The monoisotopic (exact) mass is 327 g/mol. The molecule has 1 aliphatic carbocycles. The van der Waals surface area contributed by atoms with Gasteiger partial charge in [0.25, 0.3) is 5.91 Å². The van der Waals surface area contributed by atoms with E-state index in [-0.39, 0.29) is 23.9 Å². The van der Waals surface area contributed by atoms with E-state index in [4.69, 9.17) is 4.74 Å². The predicted molar refractivity (Wildman–Crippen MR) is 90.0 cm³/mol. The molecule has 6 heteroatoms. The lowest BCUT2D eigenvalue weighted by Gasteiger charge is -2.33. The van der Waals surface area contributed by atoms with Crippen LogP contribution >= 0.6 is 0 Å². The highest BCUT2D eigenvalue weighted by molar-refractivity contribution is 6.03. The Hall–Kier alpha value is -2.50. The summed E-state index contributed by atoms with van der Waals surface area (Å²) in [4.78, 5) is 27.6. The lowest BCUT2D eigenvalue weighted by atomic mass is 9.94. The van der Waals surface area contributed by atoms with E-state index < -0.39 is 0 Å². The molecule has 0 bridgehead atoms. The molecular formula is C18H21N3O3. The molecule has 1 aliphatic heterocycles. The molecule has 24 heavy (non-hydrogen) atoms. The summed E-state index contributed by atoms with van der Waals surface area (Å²) in [5, 5.41) is 7.03. The van der Waals surface area contributed by atoms with Crippen LogP contribution in [-0.4, -0.2) is 36.0 Å². The number of carbonyl (C=O) groups is 2. The summed E-state index contributed by atoms with van der Waals surface area (Å²) in [6, 6.07) is 7.70. The van der Waals surface area contributed by atoms with Crippen LogP contribution in [0.4, 0.5) is 0 Å². The number of hydrogen-bond donors (Lipinski definition) is 3. The zero-order valence-corrected chi connectivity index (χ0v) is 13.6. The Morgan fingerprint density at radius 3 is 2.79 bits per heavy atom. The molecule has 126 valence electrons. The molecule has 6 nitrogen and oxygen atoms in total. The number of benzene rings is 1. The lowest BCUT2D eigenvalue weighted by Crippen LogP contribution is -2.56. The highest BCUT2D eigenvalue weighted by Gasteiger charge is 2.41. The number of hydrogen-bond acceptors (Lipinski definition) is 3. The van der Waals surface area contributed by atoms with Gasteiger partial charge in [-0.05, 0) is 37.3 Å². The van der Waals surface area contributed by atoms with Gasteiger partial charge in [-0.1, -0.05) is 12.1 Å². The summed E-state index contributed by atoms with van der Waals surface area (Å²) >= 11 is 0. The van der Waals surface area contributed by atoms with Gasteiger partial charge in [-0.2, -0.15) is 0 Å². The number of rotatable bonds is 4. The topological polar surface area (TPSA) is 83.2 Å². The maximum absolute atomic E-state index is 12.8. The van der Waals surface area contributed by atoms with Gasteiger partial charge in [0, 0.05) is 17.3 Å². The summed E-state index contributed by atoms with van der Waals surface area (Å²) in [6.07, 6.45) is 3.37. The average Bonchev–Trinajstić information content (AvgIpc) is 3.36. The first kappa shape index (κ1) is 15.1. The van der Waals surface area contributed by atoms with Crippen LogP contribution in [-0.2, 0) is 4.79 Å². The molecule has 2 aliphatic rings. The van der Waals surface area contributed by atoms with Crippen LogP contribution in [0.3, 0.4) is 0 Å². The summed E-state index contributed by atoms with van der Waals surface area (Å²) in [5.74, 6) is 0.950. The molecule has 1 aromatic heterocycles. The Labute approximate surface area is 139 Å². The van der Waals surface area contributed by atoms with Crippen molar-refractivity contribution in [3.8, 4) is 5.75 Å². The molecule has 2 atom stereocenters. The van der Waals surface area contributed by atoms with E-state index in [1.54, 1.807) is 7.11 Å². The number of nitrogens with one attached hydrogen (secondary N) is 3. The van der Waals surface area contributed by atoms with Gasteiger partial charge in [0.05, 0.1) is 19.2 Å². The molecule has 0 unspecified atom stereocenters. The minimum absolute atomic E-state index is 0.0289. The third-order valence-corrected chi connectivity index (χ3v) is 4.98. The third-order valence-electron chi connectivity index (χ3n) is 4.98. The van der Waals surface area contributed by atoms with E-state index in [9.17, 15) is 9.59 Å². The first-order chi connectivity index (χ1) is 11.7. The van der Waals surface area contributed by atoms with Crippen molar-refractivity contribution in [3.63, 3.8) is 0 Å². The summed E-state index contributed by atoms with van der Waals surface area (Å²) in [5.41, 5.74) is 1.31. The molecule has 2 aromatic rings. The summed E-state index contributed by atoms with van der Waals surface area (Å²) < 4.78 is 5.45. The largest absolute Gasteiger partial charge is 0.494 e. The number of aromatic nitrogens is 1. The Balaban J connectivity index is 1.58. The lowest BCUT2D eigenvalue weighted by molar-refractivity contribution is -0.124. The fourth-order valence-electron chi connectivity index (χ4n) is 3.62. The van der Waals surface area contributed by atoms with Crippen LogP contribution in [0.5, 0.6) is 5.75 Å². The van der Waals surface area contributed by atoms with Gasteiger partial charge in [0.15, 0.2) is 5.75 Å². The van der Waals surface area contributed by atoms with Crippen molar-refractivity contribution in [2.24, 2.45) is 5.92 Å². The van der Waals surface area contributed by atoms with Crippen LogP contribution in [0.2, 0.25) is 0 Å². The van der Waals surface area contributed by atoms with Crippen LogP contribution < -0.4 is 15.4 Å². The predicted octanol–water partition coefficient (Wildman–Crippen LogP) is 1.96. The smallest absolute Gasteiger partial charge is 0.271 e. The zero-order chi connectivity index (χ0) is 16.7. The maximum atomic E-state index is 12.8. The van der Waals surface area contributed by atoms with E-state index in [0.717, 1.165) is 23.7 Å². The molecule has 3 N–H and O–H groups in total.